The Morgan fingerprint density at radius 3 is 2.38 bits per heavy atom. The number of rotatable bonds is 3. The fraction of sp³-hybridized carbons (Fsp3) is 0.278. The fourth-order valence-electron chi connectivity index (χ4n) is 2.48. The molecule has 0 amide bonds. The van der Waals surface area contributed by atoms with Crippen LogP contribution in [0.5, 0.6) is 0 Å². The summed E-state index contributed by atoms with van der Waals surface area (Å²) in [6.07, 6.45) is 0. The number of hydrogen-bond acceptors (Lipinski definition) is 2. The number of nitrogens with one attached hydrogen (secondary N) is 1. The third-order valence-corrected chi connectivity index (χ3v) is 4.15. The Morgan fingerprint density at radius 1 is 1.05 bits per heavy atom. The molecule has 2 nitrogen and oxygen atoms in total. The number of anilines is 1. The Bertz CT molecular complexity index is 714. The van der Waals surface area contributed by atoms with Crippen LogP contribution in [-0.4, -0.2) is 0 Å². The van der Waals surface area contributed by atoms with Gasteiger partial charge >= 0.3 is 0 Å². The van der Waals surface area contributed by atoms with E-state index < -0.39 is 0 Å². The van der Waals surface area contributed by atoms with Gasteiger partial charge in [0, 0.05) is 11.7 Å². The van der Waals surface area contributed by atoms with Gasteiger partial charge in [0.1, 0.15) is 6.07 Å². The summed E-state index contributed by atoms with van der Waals surface area (Å²) in [4.78, 5) is 0. The minimum absolute atomic E-state index is 0.164. The van der Waals surface area contributed by atoms with Gasteiger partial charge in [-0.25, -0.2) is 0 Å². The van der Waals surface area contributed by atoms with Crippen LogP contribution in [-0.2, 0) is 0 Å². The Hall–Kier alpha value is -1.98. The molecule has 1 N–H and O–H groups in total. The van der Waals surface area contributed by atoms with Gasteiger partial charge in [0.05, 0.1) is 10.6 Å². The second-order valence-electron chi connectivity index (χ2n) is 5.47. The summed E-state index contributed by atoms with van der Waals surface area (Å²) in [7, 11) is 0. The molecule has 0 heterocycles. The SMILES string of the molecule is Cc1cc(C)c(C(C)Nc2ccc(Cl)c(C#N)c2)cc1C. The number of benzene rings is 2. The zero-order valence-electron chi connectivity index (χ0n) is 12.8. The van der Waals surface area contributed by atoms with Crippen molar-refractivity contribution in [3.63, 3.8) is 0 Å². The predicted octanol–water partition coefficient (Wildman–Crippen LogP) is 5.31. The minimum atomic E-state index is 0.164. The molecule has 0 radical (unpaired) electrons. The molecule has 0 aliphatic carbocycles. The van der Waals surface area contributed by atoms with Crippen LogP contribution in [0.15, 0.2) is 30.3 Å². The third kappa shape index (κ3) is 3.37. The molecule has 1 atom stereocenters. The molecule has 2 rings (SSSR count). The molecule has 2 aromatic carbocycles. The van der Waals surface area contributed by atoms with Crippen molar-refractivity contribution in [2.45, 2.75) is 33.7 Å². The lowest BCUT2D eigenvalue weighted by molar-refractivity contribution is 0.870. The highest BCUT2D eigenvalue weighted by molar-refractivity contribution is 6.31. The van der Waals surface area contributed by atoms with Gasteiger partial charge in [-0.3, -0.25) is 0 Å². The molecule has 0 spiro atoms. The van der Waals surface area contributed by atoms with Crippen LogP contribution < -0.4 is 5.32 Å². The molecule has 0 saturated carbocycles. The van der Waals surface area contributed by atoms with Gasteiger partial charge in [0.15, 0.2) is 0 Å². The second kappa shape index (κ2) is 6.20. The maximum Gasteiger partial charge on any atom is 0.101 e. The van der Waals surface area contributed by atoms with E-state index in [1.54, 1.807) is 12.1 Å². The standard InChI is InChI=1S/C18H19ClN2/c1-11-7-13(3)17(8-12(11)2)14(4)21-16-5-6-18(19)15(9-16)10-20/h5-9,14,21H,1-4H3. The second-order valence-corrected chi connectivity index (χ2v) is 5.87. The molecule has 3 heteroatoms. The third-order valence-electron chi connectivity index (χ3n) is 3.82. The van der Waals surface area contributed by atoms with E-state index in [9.17, 15) is 0 Å². The van der Waals surface area contributed by atoms with E-state index >= 15 is 0 Å². The zero-order valence-corrected chi connectivity index (χ0v) is 13.5. The molecule has 0 aliphatic heterocycles. The first-order valence-electron chi connectivity index (χ1n) is 6.96. The van der Waals surface area contributed by atoms with E-state index in [0.29, 0.717) is 10.6 Å². The first kappa shape index (κ1) is 15.4. The Kier molecular flexibility index (Phi) is 4.55. The van der Waals surface area contributed by atoms with Crippen LogP contribution in [0.2, 0.25) is 5.02 Å². The molecule has 21 heavy (non-hydrogen) atoms. The summed E-state index contributed by atoms with van der Waals surface area (Å²) in [5, 5.41) is 13.0. The van der Waals surface area contributed by atoms with Crippen molar-refractivity contribution in [1.82, 2.24) is 0 Å². The molecule has 1 unspecified atom stereocenters. The predicted molar refractivity (Wildman–Crippen MR) is 88.9 cm³/mol. The van der Waals surface area contributed by atoms with Gasteiger partial charge in [-0.1, -0.05) is 23.7 Å². The van der Waals surface area contributed by atoms with Gasteiger partial charge < -0.3 is 5.32 Å². The molecule has 0 aliphatic rings. The highest BCUT2D eigenvalue weighted by Crippen LogP contribution is 2.27. The number of hydrogen-bond donors (Lipinski definition) is 1. The van der Waals surface area contributed by atoms with Crippen molar-refractivity contribution < 1.29 is 0 Å². The first-order valence-corrected chi connectivity index (χ1v) is 7.34. The first-order chi connectivity index (χ1) is 9.92. The van der Waals surface area contributed by atoms with Crippen LogP contribution >= 0.6 is 11.6 Å². The lowest BCUT2D eigenvalue weighted by Gasteiger charge is -2.19. The number of nitrogens with zero attached hydrogens (tertiary/aromatic N) is 1. The summed E-state index contributed by atoms with van der Waals surface area (Å²) in [5.41, 5.74) is 6.53. The number of halogens is 1. The zero-order chi connectivity index (χ0) is 15.6. The van der Waals surface area contributed by atoms with Crippen LogP contribution in [0.25, 0.3) is 0 Å². The Labute approximate surface area is 131 Å². The molecule has 0 fully saturated rings. The highest BCUT2D eigenvalue weighted by atomic mass is 35.5. The van der Waals surface area contributed by atoms with Gasteiger partial charge in [-0.15, -0.1) is 0 Å². The molecule has 2 aromatic rings. The lowest BCUT2D eigenvalue weighted by Crippen LogP contribution is -2.09. The maximum absolute atomic E-state index is 9.04. The van der Waals surface area contributed by atoms with Crippen molar-refractivity contribution in [3.8, 4) is 6.07 Å². The van der Waals surface area contributed by atoms with Crippen LogP contribution in [0.1, 0.15) is 40.8 Å². The number of aryl methyl sites for hydroxylation is 3. The Morgan fingerprint density at radius 2 is 1.71 bits per heavy atom. The fourth-order valence-corrected chi connectivity index (χ4v) is 2.64. The molecule has 0 aromatic heterocycles. The highest BCUT2D eigenvalue weighted by Gasteiger charge is 2.11. The Balaban J connectivity index is 2.28. The van der Waals surface area contributed by atoms with Gasteiger partial charge in [0.25, 0.3) is 0 Å². The smallest absolute Gasteiger partial charge is 0.101 e. The van der Waals surface area contributed by atoms with Crippen molar-refractivity contribution in [2.75, 3.05) is 5.32 Å². The van der Waals surface area contributed by atoms with Gasteiger partial charge in [0.2, 0.25) is 0 Å². The summed E-state index contributed by atoms with van der Waals surface area (Å²) >= 11 is 5.96. The van der Waals surface area contributed by atoms with Crippen molar-refractivity contribution in [1.29, 1.82) is 5.26 Å². The maximum atomic E-state index is 9.04. The molecular weight excluding hydrogens is 280 g/mol. The lowest BCUT2D eigenvalue weighted by atomic mass is 9.96. The van der Waals surface area contributed by atoms with E-state index in [-0.39, 0.29) is 6.04 Å². The summed E-state index contributed by atoms with van der Waals surface area (Å²) in [5.74, 6) is 0. The van der Waals surface area contributed by atoms with Crippen LogP contribution in [0, 0.1) is 32.1 Å². The monoisotopic (exact) mass is 298 g/mol. The van der Waals surface area contributed by atoms with E-state index in [0.717, 1.165) is 5.69 Å². The van der Waals surface area contributed by atoms with Crippen LogP contribution in [0.4, 0.5) is 5.69 Å². The quantitative estimate of drug-likeness (QED) is 0.833. The summed E-state index contributed by atoms with van der Waals surface area (Å²) < 4.78 is 0. The van der Waals surface area contributed by atoms with Gasteiger partial charge in [-0.05, 0) is 68.1 Å². The van der Waals surface area contributed by atoms with Crippen molar-refractivity contribution in [2.24, 2.45) is 0 Å². The molecule has 0 bridgehead atoms. The van der Waals surface area contributed by atoms with Crippen LogP contribution in [0.3, 0.4) is 0 Å². The van der Waals surface area contributed by atoms with Crippen molar-refractivity contribution >= 4 is 17.3 Å². The van der Waals surface area contributed by atoms with Gasteiger partial charge in [-0.2, -0.15) is 5.26 Å². The van der Waals surface area contributed by atoms with Crippen molar-refractivity contribution in [3.05, 3.63) is 63.2 Å². The van der Waals surface area contributed by atoms with E-state index in [1.165, 1.54) is 22.3 Å². The number of nitriles is 1. The average molecular weight is 299 g/mol. The molecular formula is C18H19ClN2. The summed E-state index contributed by atoms with van der Waals surface area (Å²) in [6.45, 7) is 8.50. The minimum Gasteiger partial charge on any atom is -0.378 e. The van der Waals surface area contributed by atoms with E-state index in [4.69, 9.17) is 16.9 Å². The van der Waals surface area contributed by atoms with E-state index in [1.807, 2.05) is 6.07 Å². The topological polar surface area (TPSA) is 35.8 Å². The van der Waals surface area contributed by atoms with E-state index in [2.05, 4.69) is 51.2 Å². The molecule has 108 valence electrons. The molecule has 0 saturated heterocycles. The summed E-state index contributed by atoms with van der Waals surface area (Å²) in [6, 6.07) is 12.1. The largest absolute Gasteiger partial charge is 0.378 e. The normalized spacial score (nSPS) is 11.8. The average Bonchev–Trinajstić information content (AvgIpc) is 2.44.